The molecule has 0 atom stereocenters. The summed E-state index contributed by atoms with van der Waals surface area (Å²) in [6.45, 7) is 2.10. The first-order chi connectivity index (χ1) is 17.6. The molecule has 0 N–H and O–H groups in total. The third-order valence-electron chi connectivity index (χ3n) is 6.42. The zero-order chi connectivity index (χ0) is 24.6. The molecule has 0 fully saturated rings. The number of hydrogen-bond acceptors (Lipinski definition) is 4. The SMILES string of the molecule is Cc1ccnc(-n2c3ccccc3c3ccc(-c4cccc(Oc5ncccc5N(C)C)c4)cc32)c1. The number of benzene rings is 3. The van der Waals surface area contributed by atoms with E-state index in [0.29, 0.717) is 5.88 Å². The molecule has 3 aromatic carbocycles. The molecule has 3 heterocycles. The molecule has 6 aromatic rings. The van der Waals surface area contributed by atoms with Crippen LogP contribution in [0.3, 0.4) is 0 Å². The number of anilines is 1. The van der Waals surface area contributed by atoms with Gasteiger partial charge in [-0.05, 0) is 72.1 Å². The quantitative estimate of drug-likeness (QED) is 0.263. The van der Waals surface area contributed by atoms with Gasteiger partial charge in [0.15, 0.2) is 0 Å². The Kier molecular flexibility index (Phi) is 5.38. The molecular formula is C31H26N4O. The number of nitrogens with zero attached hydrogens (tertiary/aromatic N) is 4. The van der Waals surface area contributed by atoms with Crippen molar-refractivity contribution in [2.24, 2.45) is 0 Å². The summed E-state index contributed by atoms with van der Waals surface area (Å²) in [4.78, 5) is 11.1. The van der Waals surface area contributed by atoms with Crippen LogP contribution in [0.4, 0.5) is 5.69 Å². The van der Waals surface area contributed by atoms with Crippen molar-refractivity contribution in [2.45, 2.75) is 6.92 Å². The fraction of sp³-hybridized carbons (Fsp3) is 0.0968. The Morgan fingerprint density at radius 1 is 0.694 bits per heavy atom. The Morgan fingerprint density at radius 2 is 1.53 bits per heavy atom. The molecule has 176 valence electrons. The van der Waals surface area contributed by atoms with Gasteiger partial charge >= 0.3 is 0 Å². The second-order valence-corrected chi connectivity index (χ2v) is 9.13. The lowest BCUT2D eigenvalue weighted by atomic mass is 10.0. The van der Waals surface area contributed by atoms with Crippen molar-refractivity contribution >= 4 is 27.5 Å². The van der Waals surface area contributed by atoms with Crippen LogP contribution >= 0.6 is 0 Å². The molecule has 0 bridgehead atoms. The van der Waals surface area contributed by atoms with Gasteiger partial charge in [0.1, 0.15) is 11.6 Å². The van der Waals surface area contributed by atoms with Crippen molar-refractivity contribution in [1.29, 1.82) is 0 Å². The molecule has 5 heteroatoms. The highest BCUT2D eigenvalue weighted by Crippen LogP contribution is 2.36. The molecule has 36 heavy (non-hydrogen) atoms. The maximum absolute atomic E-state index is 6.21. The van der Waals surface area contributed by atoms with Crippen molar-refractivity contribution in [3.05, 3.63) is 109 Å². The standard InChI is InChI=1S/C31H26N4O/c1-21-15-17-32-30(18-21)35-27-11-5-4-10-25(27)26-14-13-23(20-29(26)35)22-8-6-9-24(19-22)36-31-28(34(2)3)12-7-16-33-31/h4-20H,1-3H3. The first-order valence-corrected chi connectivity index (χ1v) is 12.0. The zero-order valence-electron chi connectivity index (χ0n) is 20.5. The summed E-state index contributed by atoms with van der Waals surface area (Å²) in [5.41, 5.74) is 6.56. The molecular weight excluding hydrogens is 444 g/mol. The number of para-hydroxylation sites is 1. The smallest absolute Gasteiger partial charge is 0.243 e. The van der Waals surface area contributed by atoms with Crippen LogP contribution in [0.1, 0.15) is 5.56 Å². The number of ether oxygens (including phenoxy) is 1. The van der Waals surface area contributed by atoms with E-state index in [1.54, 1.807) is 6.20 Å². The molecule has 0 amide bonds. The van der Waals surface area contributed by atoms with Crippen LogP contribution in [0, 0.1) is 6.92 Å². The van der Waals surface area contributed by atoms with Gasteiger partial charge in [0, 0.05) is 37.3 Å². The van der Waals surface area contributed by atoms with Crippen molar-refractivity contribution in [3.63, 3.8) is 0 Å². The third kappa shape index (κ3) is 3.85. The average molecular weight is 471 g/mol. The molecule has 0 aliphatic heterocycles. The van der Waals surface area contributed by atoms with Gasteiger partial charge in [-0.15, -0.1) is 0 Å². The molecule has 5 nitrogen and oxygen atoms in total. The molecule has 0 saturated carbocycles. The lowest BCUT2D eigenvalue weighted by Crippen LogP contribution is -2.10. The summed E-state index contributed by atoms with van der Waals surface area (Å²) in [7, 11) is 3.97. The molecule has 0 radical (unpaired) electrons. The van der Waals surface area contributed by atoms with E-state index in [4.69, 9.17) is 9.72 Å². The molecule has 0 spiro atoms. The molecule has 0 saturated heterocycles. The van der Waals surface area contributed by atoms with Crippen LogP contribution in [0.5, 0.6) is 11.6 Å². The number of aromatic nitrogens is 3. The summed E-state index contributed by atoms with van der Waals surface area (Å²) in [5, 5.41) is 2.42. The van der Waals surface area contributed by atoms with E-state index in [0.717, 1.165) is 39.4 Å². The highest BCUT2D eigenvalue weighted by atomic mass is 16.5. The lowest BCUT2D eigenvalue weighted by molar-refractivity contribution is 0.463. The van der Waals surface area contributed by atoms with Gasteiger partial charge in [-0.25, -0.2) is 9.97 Å². The van der Waals surface area contributed by atoms with Crippen molar-refractivity contribution in [1.82, 2.24) is 14.5 Å². The minimum atomic E-state index is 0.584. The minimum absolute atomic E-state index is 0.584. The molecule has 0 unspecified atom stereocenters. The largest absolute Gasteiger partial charge is 0.437 e. The van der Waals surface area contributed by atoms with Crippen LogP contribution in [-0.4, -0.2) is 28.6 Å². The fourth-order valence-corrected chi connectivity index (χ4v) is 4.69. The van der Waals surface area contributed by atoms with Gasteiger partial charge in [-0.1, -0.05) is 42.5 Å². The second-order valence-electron chi connectivity index (χ2n) is 9.13. The summed E-state index contributed by atoms with van der Waals surface area (Å²) >= 11 is 0. The maximum Gasteiger partial charge on any atom is 0.243 e. The number of aryl methyl sites for hydroxylation is 1. The highest BCUT2D eigenvalue weighted by molar-refractivity contribution is 6.10. The van der Waals surface area contributed by atoms with Crippen LogP contribution in [0.15, 0.2) is 103 Å². The van der Waals surface area contributed by atoms with Gasteiger partial charge in [0.05, 0.1) is 16.7 Å². The van der Waals surface area contributed by atoms with Crippen LogP contribution in [-0.2, 0) is 0 Å². The Hall–Kier alpha value is -4.64. The van der Waals surface area contributed by atoms with E-state index >= 15 is 0 Å². The second kappa shape index (κ2) is 8.86. The van der Waals surface area contributed by atoms with Crippen LogP contribution < -0.4 is 9.64 Å². The summed E-state index contributed by atoms with van der Waals surface area (Å²) in [6.07, 6.45) is 3.62. The van der Waals surface area contributed by atoms with E-state index in [2.05, 4.69) is 77.1 Å². The Balaban J connectivity index is 1.47. The zero-order valence-corrected chi connectivity index (χ0v) is 20.5. The van der Waals surface area contributed by atoms with Crippen LogP contribution in [0.25, 0.3) is 38.8 Å². The Labute approximate surface area is 210 Å². The van der Waals surface area contributed by atoms with Crippen molar-refractivity contribution < 1.29 is 4.74 Å². The van der Waals surface area contributed by atoms with Gasteiger partial charge < -0.3 is 9.64 Å². The van der Waals surface area contributed by atoms with E-state index < -0.39 is 0 Å². The van der Waals surface area contributed by atoms with Crippen LogP contribution in [0.2, 0.25) is 0 Å². The van der Waals surface area contributed by atoms with Gasteiger partial charge in [-0.3, -0.25) is 4.57 Å². The third-order valence-corrected chi connectivity index (χ3v) is 6.42. The van der Waals surface area contributed by atoms with Gasteiger partial charge in [0.2, 0.25) is 5.88 Å². The highest BCUT2D eigenvalue weighted by Gasteiger charge is 2.14. The van der Waals surface area contributed by atoms with Crippen molar-refractivity contribution in [3.8, 4) is 28.6 Å². The molecule has 3 aromatic heterocycles. The number of pyridine rings is 2. The summed E-state index contributed by atoms with van der Waals surface area (Å²) < 4.78 is 8.46. The monoisotopic (exact) mass is 470 g/mol. The van der Waals surface area contributed by atoms with E-state index in [1.165, 1.54) is 16.3 Å². The molecule has 0 aliphatic carbocycles. The molecule has 0 aliphatic rings. The predicted molar refractivity (Wildman–Crippen MR) is 147 cm³/mol. The number of hydrogen-bond donors (Lipinski definition) is 0. The first kappa shape index (κ1) is 21.9. The molecule has 6 rings (SSSR count). The lowest BCUT2D eigenvalue weighted by Gasteiger charge is -2.16. The normalized spacial score (nSPS) is 11.2. The predicted octanol–water partition coefficient (Wildman–Crippen LogP) is 7.41. The summed E-state index contributed by atoms with van der Waals surface area (Å²) in [5.74, 6) is 2.25. The first-order valence-electron chi connectivity index (χ1n) is 12.0. The maximum atomic E-state index is 6.21. The number of fused-ring (bicyclic) bond motifs is 3. The topological polar surface area (TPSA) is 43.2 Å². The Morgan fingerprint density at radius 3 is 2.39 bits per heavy atom. The van der Waals surface area contributed by atoms with Gasteiger partial charge in [-0.2, -0.15) is 0 Å². The van der Waals surface area contributed by atoms with E-state index in [-0.39, 0.29) is 0 Å². The van der Waals surface area contributed by atoms with Crippen molar-refractivity contribution in [2.75, 3.05) is 19.0 Å². The Bertz CT molecular complexity index is 1720. The van der Waals surface area contributed by atoms with E-state index in [9.17, 15) is 0 Å². The van der Waals surface area contributed by atoms with Gasteiger partial charge in [0.25, 0.3) is 0 Å². The number of rotatable bonds is 5. The van der Waals surface area contributed by atoms with E-state index in [1.807, 2.05) is 55.5 Å². The fourth-order valence-electron chi connectivity index (χ4n) is 4.69. The minimum Gasteiger partial charge on any atom is -0.437 e. The average Bonchev–Trinajstić information content (AvgIpc) is 3.23. The summed E-state index contributed by atoms with van der Waals surface area (Å²) in [6, 6.07) is 31.3.